The van der Waals surface area contributed by atoms with E-state index in [0.717, 1.165) is 17.8 Å². The molecule has 2 amide bonds. The number of carbonyl (C=O) groups is 3. The lowest BCUT2D eigenvalue weighted by Crippen LogP contribution is -2.55. The first-order chi connectivity index (χ1) is 11.8. The van der Waals surface area contributed by atoms with Crippen molar-refractivity contribution in [1.82, 2.24) is 5.32 Å². The molecule has 10 nitrogen and oxygen atoms in total. The van der Waals surface area contributed by atoms with Crippen LogP contribution in [0.4, 0.5) is 11.4 Å². The Morgan fingerprint density at radius 1 is 1.48 bits per heavy atom. The molecule has 134 valence electrons. The molecule has 1 heterocycles. The summed E-state index contributed by atoms with van der Waals surface area (Å²) in [5.74, 6) is -2.20. The third-order valence-corrected chi connectivity index (χ3v) is 4.71. The number of carboxylic acids is 1. The molecule has 0 aromatic heterocycles. The van der Waals surface area contributed by atoms with Crippen molar-refractivity contribution < 1.29 is 29.2 Å². The van der Waals surface area contributed by atoms with Gasteiger partial charge in [0, 0.05) is 24.3 Å². The number of hydrogen-bond acceptors (Lipinski definition) is 8. The smallest absolute Gasteiger partial charge is 0.271 e. The van der Waals surface area contributed by atoms with E-state index in [0.29, 0.717) is 0 Å². The van der Waals surface area contributed by atoms with Gasteiger partial charge in [-0.2, -0.15) is 0 Å². The van der Waals surface area contributed by atoms with E-state index in [1.165, 1.54) is 19.2 Å². The Labute approximate surface area is 146 Å². The summed E-state index contributed by atoms with van der Waals surface area (Å²) in [7, 11) is 1.35. The summed E-state index contributed by atoms with van der Waals surface area (Å²) in [4.78, 5) is 44.9. The number of hydrogen-bond donors (Lipinski definition) is 2. The van der Waals surface area contributed by atoms with E-state index >= 15 is 0 Å². The van der Waals surface area contributed by atoms with Crippen LogP contribution in [-0.4, -0.2) is 46.9 Å². The van der Waals surface area contributed by atoms with Crippen LogP contribution in [0.15, 0.2) is 18.2 Å². The van der Waals surface area contributed by atoms with E-state index in [4.69, 9.17) is 4.74 Å². The summed E-state index contributed by atoms with van der Waals surface area (Å²) < 4.78 is 5.04. The van der Waals surface area contributed by atoms with Crippen molar-refractivity contribution in [3.8, 4) is 5.75 Å². The zero-order chi connectivity index (χ0) is 18.6. The standard InChI is InChI=1S/C14H15N3O7S/c1-24-10-3-2-7(17(22)23)4-8(10)15-12(18)5-11-13(19)16-9(6-25-11)14(20)21/h2-4,9,11H,5-6H2,1H3,(H,15,18)(H,16,19)(H,20,21)/p-1/t9-,11+/m0/s1. The van der Waals surface area contributed by atoms with Gasteiger partial charge in [-0.1, -0.05) is 0 Å². The number of carboxylic acid groups (broad SMARTS) is 1. The average molecular weight is 368 g/mol. The molecule has 25 heavy (non-hydrogen) atoms. The number of ether oxygens (including phenoxy) is 1. The predicted molar refractivity (Wildman–Crippen MR) is 86.1 cm³/mol. The normalized spacial score (nSPS) is 19.6. The molecular formula is C14H14N3O7S-. The number of nitro benzene ring substituents is 1. The molecule has 1 aliphatic rings. The molecule has 0 saturated carbocycles. The molecule has 0 aliphatic carbocycles. The number of nitro groups is 1. The van der Waals surface area contributed by atoms with Crippen LogP contribution >= 0.6 is 11.8 Å². The van der Waals surface area contributed by atoms with Crippen molar-refractivity contribution in [2.45, 2.75) is 17.7 Å². The first kappa shape index (κ1) is 18.5. The number of benzene rings is 1. The van der Waals surface area contributed by atoms with Gasteiger partial charge >= 0.3 is 0 Å². The second-order valence-electron chi connectivity index (χ2n) is 5.10. The topological polar surface area (TPSA) is 151 Å². The molecule has 11 heteroatoms. The largest absolute Gasteiger partial charge is 0.548 e. The first-order valence-electron chi connectivity index (χ1n) is 7.07. The van der Waals surface area contributed by atoms with Crippen LogP contribution in [0.2, 0.25) is 0 Å². The summed E-state index contributed by atoms with van der Waals surface area (Å²) in [6.45, 7) is 0. The third-order valence-electron chi connectivity index (χ3n) is 3.40. The number of amides is 2. The van der Waals surface area contributed by atoms with Crippen LogP contribution in [0.5, 0.6) is 5.75 Å². The van der Waals surface area contributed by atoms with Gasteiger partial charge in [-0.25, -0.2) is 0 Å². The minimum Gasteiger partial charge on any atom is -0.548 e. The highest BCUT2D eigenvalue weighted by atomic mass is 32.2. The SMILES string of the molecule is COc1ccc([N+](=O)[O-])cc1NC(=O)C[C@H]1SC[C@@H](C(=O)[O-])NC1=O. The maximum Gasteiger partial charge on any atom is 0.271 e. The number of rotatable bonds is 6. The number of nitrogens with zero attached hydrogens (tertiary/aromatic N) is 1. The van der Waals surface area contributed by atoms with Crippen LogP contribution in [0, 0.1) is 10.1 Å². The summed E-state index contributed by atoms with van der Waals surface area (Å²) in [5.41, 5.74) is -0.117. The number of aliphatic carboxylic acids is 1. The van der Waals surface area contributed by atoms with Crippen LogP contribution in [0.3, 0.4) is 0 Å². The van der Waals surface area contributed by atoms with E-state index in [1.54, 1.807) is 0 Å². The fourth-order valence-electron chi connectivity index (χ4n) is 2.15. The van der Waals surface area contributed by atoms with E-state index in [2.05, 4.69) is 10.6 Å². The maximum absolute atomic E-state index is 12.1. The lowest BCUT2D eigenvalue weighted by Gasteiger charge is -2.29. The number of carbonyl (C=O) groups excluding carboxylic acids is 3. The maximum atomic E-state index is 12.1. The Bertz CT molecular complexity index is 724. The number of methoxy groups -OCH3 is 1. The fraction of sp³-hybridized carbons (Fsp3) is 0.357. The molecule has 2 rings (SSSR count). The first-order valence-corrected chi connectivity index (χ1v) is 8.11. The van der Waals surface area contributed by atoms with E-state index < -0.39 is 34.0 Å². The quantitative estimate of drug-likeness (QED) is 0.493. The molecule has 2 N–H and O–H groups in total. The Balaban J connectivity index is 2.03. The molecule has 2 atom stereocenters. The lowest BCUT2D eigenvalue weighted by atomic mass is 10.2. The van der Waals surface area contributed by atoms with Crippen LogP contribution < -0.4 is 20.5 Å². The highest BCUT2D eigenvalue weighted by Gasteiger charge is 2.31. The summed E-state index contributed by atoms with van der Waals surface area (Å²) in [6, 6.07) is 2.64. The van der Waals surface area contributed by atoms with Crippen molar-refractivity contribution in [3.05, 3.63) is 28.3 Å². The number of non-ortho nitro benzene ring substituents is 1. The fourth-order valence-corrected chi connectivity index (χ4v) is 3.28. The summed E-state index contributed by atoms with van der Waals surface area (Å²) in [6.07, 6.45) is -0.220. The molecule has 0 spiro atoms. The third kappa shape index (κ3) is 4.59. The Hall–Kier alpha value is -2.82. The second kappa shape index (κ2) is 7.83. The van der Waals surface area contributed by atoms with Crippen molar-refractivity contribution in [1.29, 1.82) is 0 Å². The molecule has 1 aromatic rings. The minimum atomic E-state index is -1.38. The lowest BCUT2D eigenvalue weighted by molar-refractivity contribution is -0.384. The van der Waals surface area contributed by atoms with Gasteiger partial charge in [0.05, 0.1) is 35.0 Å². The van der Waals surface area contributed by atoms with E-state index in [9.17, 15) is 29.6 Å². The number of thioether (sulfide) groups is 1. The number of nitrogens with one attached hydrogen (secondary N) is 2. The highest BCUT2D eigenvalue weighted by Crippen LogP contribution is 2.29. The molecule has 0 radical (unpaired) electrons. The van der Waals surface area contributed by atoms with Gasteiger partial charge in [0.2, 0.25) is 11.8 Å². The van der Waals surface area contributed by atoms with Gasteiger partial charge in [-0.3, -0.25) is 19.7 Å². The highest BCUT2D eigenvalue weighted by molar-refractivity contribution is 8.00. The van der Waals surface area contributed by atoms with E-state index in [1.807, 2.05) is 0 Å². The molecule has 0 bridgehead atoms. The zero-order valence-corrected chi connectivity index (χ0v) is 13.8. The summed E-state index contributed by atoms with van der Waals surface area (Å²) in [5, 5.41) is 25.5. The molecule has 0 unspecified atom stereocenters. The van der Waals surface area contributed by atoms with Gasteiger partial charge in [0.15, 0.2) is 0 Å². The van der Waals surface area contributed by atoms with Gasteiger partial charge in [0.1, 0.15) is 5.75 Å². The average Bonchev–Trinajstić information content (AvgIpc) is 2.56. The monoisotopic (exact) mass is 368 g/mol. The van der Waals surface area contributed by atoms with Crippen LogP contribution in [-0.2, 0) is 14.4 Å². The summed E-state index contributed by atoms with van der Waals surface area (Å²) >= 11 is 1.03. The Kier molecular flexibility index (Phi) is 5.80. The minimum absolute atomic E-state index is 0.0894. The van der Waals surface area contributed by atoms with Crippen LogP contribution in [0.1, 0.15) is 6.42 Å². The number of anilines is 1. The van der Waals surface area contributed by atoms with Gasteiger partial charge in [-0.15, -0.1) is 11.8 Å². The molecule has 1 fully saturated rings. The van der Waals surface area contributed by atoms with Crippen molar-refractivity contribution in [2.24, 2.45) is 0 Å². The van der Waals surface area contributed by atoms with Crippen molar-refractivity contribution in [3.63, 3.8) is 0 Å². The Morgan fingerprint density at radius 3 is 2.76 bits per heavy atom. The zero-order valence-electron chi connectivity index (χ0n) is 13.0. The Morgan fingerprint density at radius 2 is 2.20 bits per heavy atom. The van der Waals surface area contributed by atoms with Gasteiger partial charge in [-0.05, 0) is 6.07 Å². The van der Waals surface area contributed by atoms with E-state index in [-0.39, 0.29) is 29.3 Å². The van der Waals surface area contributed by atoms with Gasteiger partial charge in [0.25, 0.3) is 5.69 Å². The molecular weight excluding hydrogens is 354 g/mol. The van der Waals surface area contributed by atoms with Crippen molar-refractivity contribution >= 4 is 40.9 Å². The molecule has 1 saturated heterocycles. The second-order valence-corrected chi connectivity index (χ2v) is 6.33. The predicted octanol–water partition coefficient (Wildman–Crippen LogP) is -0.718. The molecule has 1 aromatic carbocycles. The van der Waals surface area contributed by atoms with Crippen LogP contribution in [0.25, 0.3) is 0 Å². The molecule has 1 aliphatic heterocycles. The van der Waals surface area contributed by atoms with Gasteiger partial charge < -0.3 is 25.3 Å². The van der Waals surface area contributed by atoms with Crippen molar-refractivity contribution in [2.75, 3.05) is 18.2 Å².